The Kier molecular flexibility index (Phi) is 8.25. The van der Waals surface area contributed by atoms with Crippen molar-refractivity contribution in [1.29, 1.82) is 0 Å². The second-order valence-electron chi connectivity index (χ2n) is 7.16. The highest BCUT2D eigenvalue weighted by Crippen LogP contribution is 2.17. The van der Waals surface area contributed by atoms with Crippen LogP contribution in [-0.2, 0) is 20.8 Å². The molecule has 26 heavy (non-hydrogen) atoms. The van der Waals surface area contributed by atoms with Gasteiger partial charge in [0, 0.05) is 0 Å². The Bertz CT molecular complexity index is 625. The van der Waals surface area contributed by atoms with Crippen molar-refractivity contribution in [3.05, 3.63) is 35.4 Å². The summed E-state index contributed by atoms with van der Waals surface area (Å²) in [5.74, 6) is -3.56. The Balaban J connectivity index is 2.93. The smallest absolute Gasteiger partial charge is 0.326 e. The van der Waals surface area contributed by atoms with Crippen molar-refractivity contribution in [2.75, 3.05) is 0 Å². The zero-order chi connectivity index (χ0) is 19.9. The van der Waals surface area contributed by atoms with Gasteiger partial charge in [-0.2, -0.15) is 0 Å². The third-order valence-electron chi connectivity index (χ3n) is 4.15. The van der Waals surface area contributed by atoms with Crippen LogP contribution in [0.15, 0.2) is 24.3 Å². The number of hydroxylamine groups is 1. The first-order valence-electron chi connectivity index (χ1n) is 8.71. The predicted molar refractivity (Wildman–Crippen MR) is 96.7 cm³/mol. The summed E-state index contributed by atoms with van der Waals surface area (Å²) in [6.45, 7) is 7.81. The van der Waals surface area contributed by atoms with Crippen LogP contribution in [0, 0.1) is 11.8 Å². The lowest BCUT2D eigenvalue weighted by Crippen LogP contribution is -2.48. The minimum Gasteiger partial charge on any atom is -0.480 e. The van der Waals surface area contributed by atoms with Crippen molar-refractivity contribution in [1.82, 2.24) is 10.8 Å². The van der Waals surface area contributed by atoms with Crippen molar-refractivity contribution in [3.8, 4) is 0 Å². The van der Waals surface area contributed by atoms with Crippen molar-refractivity contribution < 1.29 is 24.7 Å². The average molecular weight is 364 g/mol. The highest BCUT2D eigenvalue weighted by atomic mass is 16.5. The highest BCUT2D eigenvalue weighted by Gasteiger charge is 2.30. The standard InChI is InChI=1S/C19H28N2O5/c1-11(2)9-16(19(24)25)20-17(22)15(18(23)21-26)10-13-5-7-14(8-6-13)12(3)4/h5-8,11-12,15-16,26H,9-10H2,1-4H3,(H,20,22)(H,21,23)(H,24,25)/t15?,16-/m0/s1. The van der Waals surface area contributed by atoms with Gasteiger partial charge in [0.2, 0.25) is 5.91 Å². The monoisotopic (exact) mass is 364 g/mol. The summed E-state index contributed by atoms with van der Waals surface area (Å²) in [4.78, 5) is 35.7. The maximum absolute atomic E-state index is 12.5. The van der Waals surface area contributed by atoms with E-state index in [2.05, 4.69) is 19.2 Å². The van der Waals surface area contributed by atoms with Crippen molar-refractivity contribution >= 4 is 17.8 Å². The van der Waals surface area contributed by atoms with Gasteiger partial charge in [0.1, 0.15) is 12.0 Å². The molecule has 2 amide bonds. The van der Waals surface area contributed by atoms with E-state index < -0.39 is 29.7 Å². The molecule has 0 aliphatic rings. The van der Waals surface area contributed by atoms with Crippen LogP contribution in [0.4, 0.5) is 0 Å². The van der Waals surface area contributed by atoms with E-state index in [-0.39, 0.29) is 18.8 Å². The molecule has 0 saturated heterocycles. The molecule has 4 N–H and O–H groups in total. The maximum atomic E-state index is 12.5. The first kappa shape index (κ1) is 21.6. The number of carbonyl (C=O) groups is 3. The van der Waals surface area contributed by atoms with E-state index in [0.29, 0.717) is 5.92 Å². The second kappa shape index (κ2) is 9.91. The Morgan fingerprint density at radius 3 is 2.00 bits per heavy atom. The molecule has 0 aliphatic heterocycles. The number of hydrogen-bond donors (Lipinski definition) is 4. The molecule has 0 bridgehead atoms. The lowest BCUT2D eigenvalue weighted by Gasteiger charge is -2.20. The summed E-state index contributed by atoms with van der Waals surface area (Å²) in [7, 11) is 0. The summed E-state index contributed by atoms with van der Waals surface area (Å²) in [5.41, 5.74) is 3.37. The van der Waals surface area contributed by atoms with Crippen molar-refractivity contribution in [2.45, 2.75) is 52.5 Å². The molecule has 0 aromatic heterocycles. The van der Waals surface area contributed by atoms with Crippen LogP contribution in [0.5, 0.6) is 0 Å². The fraction of sp³-hybridized carbons (Fsp3) is 0.526. The molecule has 0 heterocycles. The van der Waals surface area contributed by atoms with Crippen molar-refractivity contribution in [2.24, 2.45) is 11.8 Å². The average Bonchev–Trinajstić information content (AvgIpc) is 2.58. The quantitative estimate of drug-likeness (QED) is 0.304. The van der Waals surface area contributed by atoms with E-state index in [0.717, 1.165) is 11.1 Å². The third-order valence-corrected chi connectivity index (χ3v) is 4.15. The summed E-state index contributed by atoms with van der Waals surface area (Å²) in [6, 6.07) is 6.40. The van der Waals surface area contributed by atoms with Gasteiger partial charge in [-0.25, -0.2) is 10.3 Å². The Labute approximate surface area is 153 Å². The Hall–Kier alpha value is -2.41. The second-order valence-corrected chi connectivity index (χ2v) is 7.16. The van der Waals surface area contributed by atoms with Gasteiger partial charge in [-0.15, -0.1) is 0 Å². The number of nitrogens with one attached hydrogen (secondary N) is 2. The van der Waals surface area contributed by atoms with Crippen LogP contribution in [0.25, 0.3) is 0 Å². The van der Waals surface area contributed by atoms with Crippen molar-refractivity contribution in [3.63, 3.8) is 0 Å². The number of hydrogen-bond acceptors (Lipinski definition) is 4. The Morgan fingerprint density at radius 2 is 1.58 bits per heavy atom. The number of benzene rings is 1. The number of amides is 2. The third kappa shape index (κ3) is 6.48. The highest BCUT2D eigenvalue weighted by molar-refractivity contribution is 6.01. The molecule has 0 fully saturated rings. The van der Waals surface area contributed by atoms with E-state index in [9.17, 15) is 19.5 Å². The van der Waals surface area contributed by atoms with E-state index in [1.54, 1.807) is 0 Å². The first-order valence-corrected chi connectivity index (χ1v) is 8.71. The molecular weight excluding hydrogens is 336 g/mol. The summed E-state index contributed by atoms with van der Waals surface area (Å²) in [5, 5.41) is 20.6. The predicted octanol–water partition coefficient (Wildman–Crippen LogP) is 2.09. The summed E-state index contributed by atoms with van der Waals surface area (Å²) < 4.78 is 0. The number of carbonyl (C=O) groups excluding carboxylic acids is 2. The fourth-order valence-electron chi connectivity index (χ4n) is 2.62. The van der Waals surface area contributed by atoms with Gasteiger partial charge in [0.25, 0.3) is 5.91 Å². The van der Waals surface area contributed by atoms with E-state index in [1.807, 2.05) is 38.1 Å². The molecular formula is C19H28N2O5. The van der Waals surface area contributed by atoms with Gasteiger partial charge in [-0.3, -0.25) is 14.8 Å². The normalized spacial score (nSPS) is 13.3. The zero-order valence-electron chi connectivity index (χ0n) is 15.7. The number of rotatable bonds is 9. The molecule has 0 aliphatic carbocycles. The largest absolute Gasteiger partial charge is 0.480 e. The minimum absolute atomic E-state index is 0.0601. The van der Waals surface area contributed by atoms with Gasteiger partial charge in [0.05, 0.1) is 0 Å². The molecule has 1 unspecified atom stereocenters. The lowest BCUT2D eigenvalue weighted by atomic mass is 9.94. The summed E-state index contributed by atoms with van der Waals surface area (Å²) >= 11 is 0. The summed E-state index contributed by atoms with van der Waals surface area (Å²) in [6.07, 6.45) is 0.308. The van der Waals surface area contributed by atoms with Crippen LogP contribution in [-0.4, -0.2) is 34.1 Å². The number of carboxylic acid groups (broad SMARTS) is 1. The van der Waals surface area contributed by atoms with Gasteiger partial charge in [0.15, 0.2) is 0 Å². The fourth-order valence-corrected chi connectivity index (χ4v) is 2.62. The molecule has 7 nitrogen and oxygen atoms in total. The molecule has 1 aromatic carbocycles. The Morgan fingerprint density at radius 1 is 1.00 bits per heavy atom. The molecule has 0 radical (unpaired) electrons. The molecule has 1 aromatic rings. The number of carboxylic acids is 1. The van der Waals surface area contributed by atoms with Gasteiger partial charge < -0.3 is 10.4 Å². The van der Waals surface area contributed by atoms with Gasteiger partial charge in [-0.05, 0) is 35.8 Å². The molecule has 0 spiro atoms. The number of aliphatic carboxylic acids is 1. The van der Waals surface area contributed by atoms with E-state index >= 15 is 0 Å². The zero-order valence-corrected chi connectivity index (χ0v) is 15.7. The SMILES string of the molecule is CC(C)C[C@H](NC(=O)C(Cc1ccc(C(C)C)cc1)C(=O)NO)C(=O)O. The maximum Gasteiger partial charge on any atom is 0.326 e. The molecule has 0 saturated carbocycles. The molecule has 144 valence electrons. The lowest BCUT2D eigenvalue weighted by molar-refractivity contribution is -0.146. The first-order chi connectivity index (χ1) is 12.1. The topological polar surface area (TPSA) is 116 Å². The van der Waals surface area contributed by atoms with E-state index in [1.165, 1.54) is 5.48 Å². The van der Waals surface area contributed by atoms with Crippen LogP contribution < -0.4 is 10.8 Å². The molecule has 7 heteroatoms. The van der Waals surface area contributed by atoms with Crippen LogP contribution in [0.1, 0.15) is 51.2 Å². The molecule has 1 rings (SSSR count). The molecule has 2 atom stereocenters. The van der Waals surface area contributed by atoms with Gasteiger partial charge in [-0.1, -0.05) is 52.0 Å². The van der Waals surface area contributed by atoms with E-state index in [4.69, 9.17) is 5.21 Å². The minimum atomic E-state index is -1.22. The van der Waals surface area contributed by atoms with Crippen LogP contribution in [0.3, 0.4) is 0 Å². The van der Waals surface area contributed by atoms with Crippen LogP contribution in [0.2, 0.25) is 0 Å². The van der Waals surface area contributed by atoms with Crippen LogP contribution >= 0.6 is 0 Å². The van der Waals surface area contributed by atoms with Gasteiger partial charge >= 0.3 is 5.97 Å².